The molecule has 2 aromatic rings. The lowest BCUT2D eigenvalue weighted by atomic mass is 10.1. The number of carbonyl (C=O) groups is 1. The first-order valence-electron chi connectivity index (χ1n) is 6.26. The number of methoxy groups -OCH3 is 1. The Bertz CT molecular complexity index is 626. The number of nitrogens with zero attached hydrogens (tertiary/aromatic N) is 1. The number of carbonyl (C=O) groups excluding carboxylic acids is 1. The van der Waals surface area contributed by atoms with E-state index in [1.807, 2.05) is 24.3 Å². The minimum absolute atomic E-state index is 0.0577. The fraction of sp³-hybridized carbons (Fsp3) is 0.200. The number of hydrogen-bond donors (Lipinski definition) is 2. The van der Waals surface area contributed by atoms with Crippen molar-refractivity contribution >= 4 is 17.3 Å². The van der Waals surface area contributed by atoms with Crippen LogP contribution in [-0.4, -0.2) is 17.9 Å². The highest BCUT2D eigenvalue weighted by atomic mass is 16.5. The molecule has 0 aliphatic rings. The minimum atomic E-state index is -0.0577. The molecule has 0 atom stereocenters. The van der Waals surface area contributed by atoms with Crippen LogP contribution in [-0.2, 0) is 6.54 Å². The fourth-order valence-electron chi connectivity index (χ4n) is 1.85. The van der Waals surface area contributed by atoms with E-state index in [9.17, 15) is 4.79 Å². The number of ether oxygens (including phenoxy) is 1. The maximum atomic E-state index is 11.6. The van der Waals surface area contributed by atoms with Crippen molar-refractivity contribution in [1.29, 1.82) is 0 Å². The molecule has 0 amide bonds. The van der Waals surface area contributed by atoms with Crippen molar-refractivity contribution in [3.63, 3.8) is 0 Å². The van der Waals surface area contributed by atoms with Crippen molar-refractivity contribution in [1.82, 2.24) is 4.98 Å². The van der Waals surface area contributed by atoms with E-state index in [2.05, 4.69) is 10.3 Å². The van der Waals surface area contributed by atoms with Gasteiger partial charge < -0.3 is 15.8 Å². The second-order valence-electron chi connectivity index (χ2n) is 4.34. The fourth-order valence-corrected chi connectivity index (χ4v) is 1.85. The molecule has 0 aliphatic carbocycles. The summed E-state index contributed by atoms with van der Waals surface area (Å²) in [5, 5.41) is 3.14. The van der Waals surface area contributed by atoms with Gasteiger partial charge >= 0.3 is 0 Å². The van der Waals surface area contributed by atoms with Gasteiger partial charge in [0.2, 0.25) is 5.88 Å². The molecule has 0 aliphatic heterocycles. The highest BCUT2D eigenvalue weighted by Gasteiger charge is 2.10. The summed E-state index contributed by atoms with van der Waals surface area (Å²) in [6.07, 6.45) is 0. The minimum Gasteiger partial charge on any atom is -0.481 e. The molecule has 0 saturated heterocycles. The average Bonchev–Trinajstić information content (AvgIpc) is 2.47. The summed E-state index contributed by atoms with van der Waals surface area (Å²) < 4.78 is 5.09. The monoisotopic (exact) mass is 271 g/mol. The molecule has 0 unspecified atom stereocenters. The lowest BCUT2D eigenvalue weighted by Gasteiger charge is -2.11. The van der Waals surface area contributed by atoms with Crippen LogP contribution >= 0.6 is 0 Å². The van der Waals surface area contributed by atoms with Crippen LogP contribution in [0.2, 0.25) is 0 Å². The zero-order valence-corrected chi connectivity index (χ0v) is 11.5. The SMILES string of the molecule is COc1ccc(C(C)=O)c(Nc2cccc(CN)c2)n1. The van der Waals surface area contributed by atoms with Gasteiger partial charge in [0, 0.05) is 18.3 Å². The first-order chi connectivity index (χ1) is 9.63. The predicted octanol–water partition coefficient (Wildman–Crippen LogP) is 2.50. The topological polar surface area (TPSA) is 77.2 Å². The van der Waals surface area contributed by atoms with Crippen molar-refractivity contribution in [3.05, 3.63) is 47.5 Å². The Labute approximate surface area is 117 Å². The highest BCUT2D eigenvalue weighted by Crippen LogP contribution is 2.23. The van der Waals surface area contributed by atoms with Crippen LogP contribution < -0.4 is 15.8 Å². The number of pyridine rings is 1. The molecular formula is C15H17N3O2. The van der Waals surface area contributed by atoms with Crippen molar-refractivity contribution in [3.8, 4) is 5.88 Å². The van der Waals surface area contributed by atoms with Crippen molar-refractivity contribution in [2.24, 2.45) is 5.73 Å². The van der Waals surface area contributed by atoms with Gasteiger partial charge in [-0.1, -0.05) is 12.1 Å². The molecule has 2 rings (SSSR count). The van der Waals surface area contributed by atoms with Crippen molar-refractivity contribution < 1.29 is 9.53 Å². The van der Waals surface area contributed by atoms with Crippen LogP contribution in [0.4, 0.5) is 11.5 Å². The van der Waals surface area contributed by atoms with Gasteiger partial charge in [0.25, 0.3) is 0 Å². The van der Waals surface area contributed by atoms with Gasteiger partial charge in [-0.2, -0.15) is 4.98 Å². The van der Waals surface area contributed by atoms with Crippen LogP contribution in [0.15, 0.2) is 36.4 Å². The molecular weight excluding hydrogens is 254 g/mol. The molecule has 0 saturated carbocycles. The van der Waals surface area contributed by atoms with Gasteiger partial charge in [-0.15, -0.1) is 0 Å². The molecule has 5 heteroatoms. The van der Waals surface area contributed by atoms with Gasteiger partial charge in [0.05, 0.1) is 12.7 Å². The number of rotatable bonds is 5. The van der Waals surface area contributed by atoms with Crippen LogP contribution in [0, 0.1) is 0 Å². The largest absolute Gasteiger partial charge is 0.481 e. The Morgan fingerprint density at radius 3 is 2.80 bits per heavy atom. The second-order valence-corrected chi connectivity index (χ2v) is 4.34. The first kappa shape index (κ1) is 14.0. The number of nitrogens with two attached hydrogens (primary N) is 1. The van der Waals surface area contributed by atoms with E-state index in [4.69, 9.17) is 10.5 Å². The maximum absolute atomic E-state index is 11.6. The lowest BCUT2D eigenvalue weighted by Crippen LogP contribution is -2.04. The first-order valence-corrected chi connectivity index (χ1v) is 6.26. The van der Waals surface area contributed by atoms with Crippen LogP contribution in [0.5, 0.6) is 5.88 Å². The van der Waals surface area contributed by atoms with Crippen LogP contribution in [0.3, 0.4) is 0 Å². The van der Waals surface area contributed by atoms with Gasteiger partial charge in [0.1, 0.15) is 5.82 Å². The van der Waals surface area contributed by atoms with Crippen molar-refractivity contribution in [2.75, 3.05) is 12.4 Å². The Balaban J connectivity index is 2.37. The van der Waals surface area contributed by atoms with E-state index in [1.165, 1.54) is 14.0 Å². The third kappa shape index (κ3) is 3.13. The summed E-state index contributed by atoms with van der Waals surface area (Å²) in [6.45, 7) is 1.96. The molecule has 0 bridgehead atoms. The van der Waals surface area contributed by atoms with E-state index in [1.54, 1.807) is 12.1 Å². The Hall–Kier alpha value is -2.40. The summed E-state index contributed by atoms with van der Waals surface area (Å²) in [7, 11) is 1.54. The number of anilines is 2. The number of aromatic nitrogens is 1. The maximum Gasteiger partial charge on any atom is 0.214 e. The normalized spacial score (nSPS) is 10.2. The molecule has 20 heavy (non-hydrogen) atoms. The third-order valence-electron chi connectivity index (χ3n) is 2.88. The van der Waals surface area contributed by atoms with E-state index in [0.29, 0.717) is 23.8 Å². The summed E-state index contributed by atoms with van der Waals surface area (Å²) in [4.78, 5) is 15.9. The Morgan fingerprint density at radius 1 is 1.35 bits per heavy atom. The number of hydrogen-bond acceptors (Lipinski definition) is 5. The second kappa shape index (κ2) is 6.16. The zero-order valence-electron chi connectivity index (χ0n) is 11.5. The summed E-state index contributed by atoms with van der Waals surface area (Å²) in [5.41, 5.74) is 7.97. The van der Waals surface area contributed by atoms with Gasteiger partial charge in [-0.05, 0) is 30.7 Å². The van der Waals surface area contributed by atoms with Crippen LogP contribution in [0.1, 0.15) is 22.8 Å². The third-order valence-corrected chi connectivity index (χ3v) is 2.88. The Morgan fingerprint density at radius 2 is 2.15 bits per heavy atom. The zero-order chi connectivity index (χ0) is 14.5. The molecule has 1 aromatic heterocycles. The molecule has 3 N–H and O–H groups in total. The molecule has 1 heterocycles. The summed E-state index contributed by atoms with van der Waals surface area (Å²) >= 11 is 0. The van der Waals surface area contributed by atoms with Crippen molar-refractivity contribution in [2.45, 2.75) is 13.5 Å². The molecule has 104 valence electrons. The molecule has 1 aromatic carbocycles. The number of ketones is 1. The smallest absolute Gasteiger partial charge is 0.214 e. The van der Waals surface area contributed by atoms with Gasteiger partial charge in [-0.3, -0.25) is 4.79 Å². The van der Waals surface area contributed by atoms with Crippen LogP contribution in [0.25, 0.3) is 0 Å². The van der Waals surface area contributed by atoms with E-state index in [-0.39, 0.29) is 5.78 Å². The molecule has 0 spiro atoms. The Kier molecular flexibility index (Phi) is 4.32. The molecule has 0 fully saturated rings. The predicted molar refractivity (Wildman–Crippen MR) is 78.4 cm³/mol. The average molecular weight is 271 g/mol. The van der Waals surface area contributed by atoms with E-state index < -0.39 is 0 Å². The standard InChI is InChI=1S/C15H17N3O2/c1-10(19)13-6-7-14(20-2)18-15(13)17-12-5-3-4-11(8-12)9-16/h3-8H,9,16H2,1-2H3,(H,17,18). The van der Waals surface area contributed by atoms with Gasteiger partial charge in [-0.25, -0.2) is 0 Å². The quantitative estimate of drug-likeness (QED) is 0.817. The lowest BCUT2D eigenvalue weighted by molar-refractivity contribution is 0.101. The highest BCUT2D eigenvalue weighted by molar-refractivity contribution is 5.99. The van der Waals surface area contributed by atoms with E-state index in [0.717, 1.165) is 11.3 Å². The number of Topliss-reactive ketones (excluding diaryl/α,β-unsaturated/α-hetero) is 1. The van der Waals surface area contributed by atoms with Gasteiger partial charge in [0.15, 0.2) is 5.78 Å². The molecule has 5 nitrogen and oxygen atoms in total. The number of benzene rings is 1. The summed E-state index contributed by atoms with van der Waals surface area (Å²) in [5.74, 6) is 0.871. The number of nitrogens with one attached hydrogen (secondary N) is 1. The molecule has 0 radical (unpaired) electrons. The van der Waals surface area contributed by atoms with E-state index >= 15 is 0 Å². The summed E-state index contributed by atoms with van der Waals surface area (Å²) in [6, 6.07) is 11.0.